The van der Waals surface area contributed by atoms with E-state index in [0.717, 1.165) is 49.8 Å². The lowest BCUT2D eigenvalue weighted by Crippen LogP contribution is -2.46. The van der Waals surface area contributed by atoms with Crippen LogP contribution in [0.3, 0.4) is 0 Å². The van der Waals surface area contributed by atoms with E-state index in [9.17, 15) is 4.79 Å². The fourth-order valence-corrected chi connectivity index (χ4v) is 3.29. The minimum atomic E-state index is -0.437. The lowest BCUT2D eigenvalue weighted by atomic mass is 10.1. The van der Waals surface area contributed by atoms with Crippen molar-refractivity contribution in [3.63, 3.8) is 0 Å². The van der Waals surface area contributed by atoms with Crippen LogP contribution in [-0.2, 0) is 16.0 Å². The Morgan fingerprint density at radius 1 is 1.14 bits per heavy atom. The summed E-state index contributed by atoms with van der Waals surface area (Å²) in [6.07, 6.45) is 0.570. The van der Waals surface area contributed by atoms with Gasteiger partial charge in [0.15, 0.2) is 0 Å². The molecule has 2 N–H and O–H groups in total. The molecular weight excluding hydrogens is 354 g/mol. The molecule has 1 aliphatic rings. The molecule has 0 spiro atoms. The molecule has 1 atom stereocenters. The zero-order valence-corrected chi connectivity index (χ0v) is 16.6. The Morgan fingerprint density at radius 3 is 2.50 bits per heavy atom. The number of aromatic nitrogens is 2. The van der Waals surface area contributed by atoms with E-state index in [4.69, 9.17) is 4.74 Å². The molecule has 1 aliphatic heterocycles. The minimum absolute atomic E-state index is 0.0418. The molecule has 28 heavy (non-hydrogen) atoms. The molecule has 0 aliphatic carbocycles. The number of aryl methyl sites for hydroxylation is 2. The highest BCUT2D eigenvalue weighted by Crippen LogP contribution is 2.10. The summed E-state index contributed by atoms with van der Waals surface area (Å²) in [6, 6.07) is 11.5. The Bertz CT molecular complexity index is 742. The molecular formula is C21H29N5O2. The molecule has 0 unspecified atom stereocenters. The molecule has 0 saturated carbocycles. The SMILES string of the molecule is Cc1cc(C)nc(N[C@@H](Cc2ccccc2)C(=O)NCCN2CCOCC2)n1. The maximum absolute atomic E-state index is 12.9. The van der Waals surface area contributed by atoms with Gasteiger partial charge in [-0.3, -0.25) is 9.69 Å². The topological polar surface area (TPSA) is 79.4 Å². The average molecular weight is 383 g/mol. The van der Waals surface area contributed by atoms with Crippen LogP contribution in [0.1, 0.15) is 17.0 Å². The van der Waals surface area contributed by atoms with E-state index in [1.54, 1.807) is 0 Å². The van der Waals surface area contributed by atoms with Crippen LogP contribution in [0.4, 0.5) is 5.95 Å². The smallest absolute Gasteiger partial charge is 0.242 e. The van der Waals surface area contributed by atoms with Crippen LogP contribution < -0.4 is 10.6 Å². The van der Waals surface area contributed by atoms with Crippen LogP contribution in [-0.4, -0.2) is 66.2 Å². The first-order valence-corrected chi connectivity index (χ1v) is 9.81. The number of nitrogens with zero attached hydrogens (tertiary/aromatic N) is 3. The molecule has 1 aromatic carbocycles. The molecule has 0 bridgehead atoms. The van der Waals surface area contributed by atoms with Gasteiger partial charge in [0, 0.05) is 44.0 Å². The number of ether oxygens (including phenoxy) is 1. The Hall–Kier alpha value is -2.51. The van der Waals surface area contributed by atoms with Crippen LogP contribution in [0.5, 0.6) is 0 Å². The van der Waals surface area contributed by atoms with Crippen molar-refractivity contribution in [2.45, 2.75) is 26.3 Å². The van der Waals surface area contributed by atoms with Gasteiger partial charge in [-0.1, -0.05) is 30.3 Å². The van der Waals surface area contributed by atoms with Crippen LogP contribution >= 0.6 is 0 Å². The lowest BCUT2D eigenvalue weighted by molar-refractivity contribution is -0.121. The molecule has 150 valence electrons. The summed E-state index contributed by atoms with van der Waals surface area (Å²) < 4.78 is 5.36. The van der Waals surface area contributed by atoms with Crippen molar-refractivity contribution in [3.8, 4) is 0 Å². The second-order valence-electron chi connectivity index (χ2n) is 7.11. The molecule has 1 amide bonds. The van der Waals surface area contributed by atoms with Crippen LogP contribution in [0, 0.1) is 13.8 Å². The number of nitrogens with one attached hydrogen (secondary N) is 2. The van der Waals surface area contributed by atoms with Crippen LogP contribution in [0.15, 0.2) is 36.4 Å². The van der Waals surface area contributed by atoms with Gasteiger partial charge in [0.1, 0.15) is 6.04 Å². The maximum Gasteiger partial charge on any atom is 0.242 e. The molecule has 2 heterocycles. The van der Waals surface area contributed by atoms with E-state index in [0.29, 0.717) is 18.9 Å². The largest absolute Gasteiger partial charge is 0.379 e. The Labute approximate surface area is 166 Å². The van der Waals surface area contributed by atoms with E-state index in [-0.39, 0.29) is 5.91 Å². The van der Waals surface area contributed by atoms with Gasteiger partial charge < -0.3 is 15.4 Å². The molecule has 7 nitrogen and oxygen atoms in total. The molecule has 2 aromatic rings. The zero-order valence-electron chi connectivity index (χ0n) is 16.6. The van der Waals surface area contributed by atoms with E-state index < -0.39 is 6.04 Å². The second kappa shape index (κ2) is 10.1. The number of amides is 1. The number of hydrogen-bond donors (Lipinski definition) is 2. The van der Waals surface area contributed by atoms with Crippen LogP contribution in [0.2, 0.25) is 0 Å². The summed E-state index contributed by atoms with van der Waals surface area (Å²) in [4.78, 5) is 24.0. The third kappa shape index (κ3) is 6.28. The quantitative estimate of drug-likeness (QED) is 0.720. The van der Waals surface area contributed by atoms with Gasteiger partial charge in [-0.05, 0) is 25.5 Å². The van der Waals surface area contributed by atoms with Crippen molar-refractivity contribution in [2.24, 2.45) is 0 Å². The second-order valence-corrected chi connectivity index (χ2v) is 7.11. The van der Waals surface area contributed by atoms with E-state index in [2.05, 4.69) is 25.5 Å². The molecule has 1 saturated heterocycles. The molecule has 1 fully saturated rings. The fourth-order valence-electron chi connectivity index (χ4n) is 3.29. The average Bonchev–Trinajstić information content (AvgIpc) is 2.68. The van der Waals surface area contributed by atoms with E-state index >= 15 is 0 Å². The summed E-state index contributed by atoms with van der Waals surface area (Å²) in [5, 5.41) is 6.29. The number of hydrogen-bond acceptors (Lipinski definition) is 6. The highest BCUT2D eigenvalue weighted by atomic mass is 16.5. The number of carbonyl (C=O) groups is 1. The van der Waals surface area contributed by atoms with Crippen molar-refractivity contribution < 1.29 is 9.53 Å². The Morgan fingerprint density at radius 2 is 1.82 bits per heavy atom. The van der Waals surface area contributed by atoms with Crippen molar-refractivity contribution >= 4 is 11.9 Å². The number of anilines is 1. The van der Waals surface area contributed by atoms with Gasteiger partial charge in [-0.25, -0.2) is 9.97 Å². The van der Waals surface area contributed by atoms with Gasteiger partial charge in [0.05, 0.1) is 13.2 Å². The third-order valence-corrected chi connectivity index (χ3v) is 4.72. The number of morpholine rings is 1. The van der Waals surface area contributed by atoms with E-state index in [1.807, 2.05) is 50.2 Å². The molecule has 0 radical (unpaired) electrons. The summed E-state index contributed by atoms with van der Waals surface area (Å²) in [5.74, 6) is 0.446. The van der Waals surface area contributed by atoms with Crippen molar-refractivity contribution in [2.75, 3.05) is 44.7 Å². The molecule has 7 heteroatoms. The van der Waals surface area contributed by atoms with Crippen molar-refractivity contribution in [1.82, 2.24) is 20.2 Å². The van der Waals surface area contributed by atoms with Gasteiger partial charge >= 0.3 is 0 Å². The standard InChI is InChI=1S/C21H29N5O2/c1-16-14-17(2)24-21(23-16)25-19(15-18-6-4-3-5-7-18)20(27)22-8-9-26-10-12-28-13-11-26/h3-7,14,19H,8-13,15H2,1-2H3,(H,22,27)(H,23,24,25)/t19-/m0/s1. The Balaban J connectivity index is 1.63. The normalized spacial score (nSPS) is 15.8. The highest BCUT2D eigenvalue weighted by Gasteiger charge is 2.20. The Kier molecular flexibility index (Phi) is 7.33. The van der Waals surface area contributed by atoms with E-state index in [1.165, 1.54) is 0 Å². The lowest BCUT2D eigenvalue weighted by Gasteiger charge is -2.27. The first-order valence-electron chi connectivity index (χ1n) is 9.81. The molecule has 1 aromatic heterocycles. The van der Waals surface area contributed by atoms with Gasteiger partial charge in [-0.15, -0.1) is 0 Å². The number of rotatable bonds is 8. The number of benzene rings is 1. The van der Waals surface area contributed by atoms with Gasteiger partial charge in [0.2, 0.25) is 11.9 Å². The molecule has 3 rings (SSSR count). The highest BCUT2D eigenvalue weighted by molar-refractivity contribution is 5.84. The summed E-state index contributed by atoms with van der Waals surface area (Å²) in [7, 11) is 0. The predicted octanol–water partition coefficient (Wildman–Crippen LogP) is 1.57. The minimum Gasteiger partial charge on any atom is -0.379 e. The van der Waals surface area contributed by atoms with Crippen LogP contribution in [0.25, 0.3) is 0 Å². The monoisotopic (exact) mass is 383 g/mol. The zero-order chi connectivity index (χ0) is 19.8. The summed E-state index contributed by atoms with van der Waals surface area (Å²) >= 11 is 0. The number of carbonyl (C=O) groups excluding carboxylic acids is 1. The fraction of sp³-hybridized carbons (Fsp3) is 0.476. The van der Waals surface area contributed by atoms with Gasteiger partial charge in [-0.2, -0.15) is 0 Å². The summed E-state index contributed by atoms with van der Waals surface area (Å²) in [6.45, 7) is 8.64. The first-order chi connectivity index (χ1) is 13.6. The third-order valence-electron chi connectivity index (χ3n) is 4.72. The van der Waals surface area contributed by atoms with Crippen molar-refractivity contribution in [3.05, 3.63) is 53.3 Å². The first kappa shape index (κ1) is 20.2. The van der Waals surface area contributed by atoms with Gasteiger partial charge in [0.25, 0.3) is 0 Å². The predicted molar refractivity (Wildman–Crippen MR) is 109 cm³/mol. The maximum atomic E-state index is 12.9. The summed E-state index contributed by atoms with van der Waals surface area (Å²) in [5.41, 5.74) is 2.84. The van der Waals surface area contributed by atoms with Crippen molar-refractivity contribution in [1.29, 1.82) is 0 Å².